The maximum Gasteiger partial charge on any atom is 0.196 e. The van der Waals surface area contributed by atoms with Crippen molar-refractivity contribution in [2.45, 2.75) is 21.2 Å². The van der Waals surface area contributed by atoms with Crippen LogP contribution in [0.1, 0.15) is 17.2 Å². The molecule has 3 aromatic carbocycles. The molecule has 0 spiro atoms. The molecule has 1 saturated carbocycles. The molecule has 4 nitrogen and oxygen atoms in total. The minimum atomic E-state index is -0.712. The van der Waals surface area contributed by atoms with Crippen molar-refractivity contribution in [3.8, 4) is 22.8 Å². The molecule has 1 aliphatic carbocycles. The first kappa shape index (κ1) is 21.4. The quantitative estimate of drug-likeness (QED) is 0.211. The highest BCUT2D eigenvalue weighted by atomic mass is 35.5. The van der Waals surface area contributed by atoms with Gasteiger partial charge in [0.15, 0.2) is 11.0 Å². The molecule has 0 radical (unpaired) electrons. The van der Waals surface area contributed by atoms with Crippen molar-refractivity contribution in [1.82, 2.24) is 14.8 Å². The molecule has 0 amide bonds. The van der Waals surface area contributed by atoms with Gasteiger partial charge in [-0.3, -0.25) is 4.57 Å². The molecule has 0 bridgehead atoms. The van der Waals surface area contributed by atoms with E-state index in [4.69, 9.17) is 27.9 Å². The lowest BCUT2D eigenvalue weighted by Crippen LogP contribution is -2.06. The zero-order valence-electron chi connectivity index (χ0n) is 17.4. The summed E-state index contributed by atoms with van der Waals surface area (Å²) in [7, 11) is 1.66. The Bertz CT molecular complexity index is 1210. The van der Waals surface area contributed by atoms with E-state index in [1.54, 1.807) is 18.9 Å². The SMILES string of the molecule is COc1ccccc1-c1nnc(SC(c2ccccc2)C2CC2(Cl)Cl)n1-c1ccccc1. The highest BCUT2D eigenvalue weighted by Gasteiger charge is 2.56. The summed E-state index contributed by atoms with van der Waals surface area (Å²) in [4.78, 5) is 0. The second kappa shape index (κ2) is 8.81. The van der Waals surface area contributed by atoms with Crippen molar-refractivity contribution < 1.29 is 4.74 Å². The Kier molecular flexibility index (Phi) is 5.89. The van der Waals surface area contributed by atoms with E-state index in [2.05, 4.69) is 26.9 Å². The third-order valence-corrected chi connectivity index (χ3v) is 7.79. The third-order valence-electron chi connectivity index (χ3n) is 5.60. The molecule has 162 valence electrons. The van der Waals surface area contributed by atoms with Crippen LogP contribution in [0.2, 0.25) is 0 Å². The fourth-order valence-corrected chi connectivity index (χ4v) is 5.99. The van der Waals surface area contributed by atoms with Gasteiger partial charge in [-0.25, -0.2) is 0 Å². The van der Waals surface area contributed by atoms with Gasteiger partial charge in [0, 0.05) is 16.9 Å². The fourth-order valence-electron chi connectivity index (χ4n) is 3.86. The lowest BCUT2D eigenvalue weighted by atomic mass is 10.1. The first-order valence-corrected chi connectivity index (χ1v) is 12.0. The number of rotatable bonds is 7. The van der Waals surface area contributed by atoms with Gasteiger partial charge in [-0.05, 0) is 36.2 Å². The average molecular weight is 482 g/mol. The summed E-state index contributed by atoms with van der Waals surface area (Å²) in [5, 5.41) is 10.0. The summed E-state index contributed by atoms with van der Waals surface area (Å²) >= 11 is 14.7. The van der Waals surface area contributed by atoms with Gasteiger partial charge in [0.2, 0.25) is 0 Å². The predicted molar refractivity (Wildman–Crippen MR) is 131 cm³/mol. The standard InChI is InChI=1S/C25H21Cl2N3OS/c1-31-21-15-9-8-14-19(21)23-28-29-24(30(23)18-12-6-3-7-13-18)32-22(20-16-25(20,26)27)17-10-4-2-5-11-17/h2-15,20,22H,16H2,1H3. The summed E-state index contributed by atoms with van der Waals surface area (Å²) in [5.74, 6) is 1.60. The lowest BCUT2D eigenvalue weighted by Gasteiger charge is -2.18. The highest BCUT2D eigenvalue weighted by molar-refractivity contribution is 7.99. The predicted octanol–water partition coefficient (Wildman–Crippen LogP) is 6.97. The molecule has 1 aliphatic rings. The first-order chi connectivity index (χ1) is 15.6. The van der Waals surface area contributed by atoms with Crippen LogP contribution in [0, 0.1) is 5.92 Å². The van der Waals surface area contributed by atoms with Crippen molar-refractivity contribution >= 4 is 35.0 Å². The van der Waals surface area contributed by atoms with Gasteiger partial charge < -0.3 is 4.74 Å². The number of methoxy groups -OCH3 is 1. The molecule has 4 aromatic rings. The zero-order chi connectivity index (χ0) is 22.1. The number of thioether (sulfide) groups is 1. The highest BCUT2D eigenvalue weighted by Crippen LogP contribution is 2.63. The van der Waals surface area contributed by atoms with Crippen molar-refractivity contribution in [3.63, 3.8) is 0 Å². The van der Waals surface area contributed by atoms with E-state index in [-0.39, 0.29) is 11.2 Å². The minimum absolute atomic E-state index is 0.0587. The van der Waals surface area contributed by atoms with Crippen LogP contribution >= 0.6 is 35.0 Å². The van der Waals surface area contributed by atoms with E-state index >= 15 is 0 Å². The summed E-state index contributed by atoms with van der Waals surface area (Å²) in [6.07, 6.45) is 0.751. The molecular weight excluding hydrogens is 461 g/mol. The fraction of sp³-hybridized carbons (Fsp3) is 0.200. The van der Waals surface area contributed by atoms with Gasteiger partial charge in [0.05, 0.1) is 12.7 Å². The number of benzene rings is 3. The van der Waals surface area contributed by atoms with Gasteiger partial charge in [-0.2, -0.15) is 0 Å². The molecule has 32 heavy (non-hydrogen) atoms. The summed E-state index contributed by atoms with van der Waals surface area (Å²) in [5.41, 5.74) is 3.03. The van der Waals surface area contributed by atoms with Crippen LogP contribution in [0.4, 0.5) is 0 Å². The molecule has 1 aromatic heterocycles. The number of hydrogen-bond donors (Lipinski definition) is 0. The molecule has 5 rings (SSSR count). The molecule has 1 fully saturated rings. The largest absolute Gasteiger partial charge is 0.496 e. The lowest BCUT2D eigenvalue weighted by molar-refractivity contribution is 0.416. The Morgan fingerprint density at radius 3 is 2.22 bits per heavy atom. The van der Waals surface area contributed by atoms with Crippen molar-refractivity contribution in [1.29, 1.82) is 0 Å². The minimum Gasteiger partial charge on any atom is -0.496 e. The number of ether oxygens (including phenoxy) is 1. The molecule has 7 heteroatoms. The van der Waals surface area contributed by atoms with E-state index in [9.17, 15) is 0 Å². The van der Waals surface area contributed by atoms with Crippen LogP contribution in [0.5, 0.6) is 5.75 Å². The third kappa shape index (κ3) is 4.13. The van der Waals surface area contributed by atoms with Gasteiger partial charge in [0.25, 0.3) is 0 Å². The topological polar surface area (TPSA) is 39.9 Å². The van der Waals surface area contributed by atoms with E-state index < -0.39 is 4.33 Å². The van der Waals surface area contributed by atoms with E-state index in [1.165, 1.54) is 5.56 Å². The number of halogens is 2. The Balaban J connectivity index is 1.62. The van der Waals surface area contributed by atoms with Crippen LogP contribution in [-0.2, 0) is 0 Å². The number of aromatic nitrogens is 3. The second-order valence-corrected chi connectivity index (χ2v) is 10.3. The Hall–Kier alpha value is -2.47. The second-order valence-electron chi connectivity index (χ2n) is 7.70. The average Bonchev–Trinajstić information content (AvgIpc) is 3.27. The van der Waals surface area contributed by atoms with Gasteiger partial charge in [-0.1, -0.05) is 72.4 Å². The maximum absolute atomic E-state index is 6.51. The Morgan fingerprint density at radius 1 is 0.938 bits per heavy atom. The Labute approximate surface area is 201 Å². The summed E-state index contributed by atoms with van der Waals surface area (Å²) in [6, 6.07) is 28.3. The monoisotopic (exact) mass is 481 g/mol. The van der Waals surface area contributed by atoms with Crippen LogP contribution in [0.15, 0.2) is 90.1 Å². The molecular formula is C25H21Cl2N3OS. The van der Waals surface area contributed by atoms with Crippen molar-refractivity contribution in [2.75, 3.05) is 7.11 Å². The molecule has 2 unspecified atom stereocenters. The number of para-hydroxylation sites is 2. The van der Waals surface area contributed by atoms with Crippen molar-refractivity contribution in [3.05, 3.63) is 90.5 Å². The van der Waals surface area contributed by atoms with Crippen LogP contribution in [0.25, 0.3) is 17.1 Å². The number of alkyl halides is 2. The van der Waals surface area contributed by atoms with E-state index in [1.807, 2.05) is 72.8 Å². The van der Waals surface area contributed by atoms with Gasteiger partial charge >= 0.3 is 0 Å². The zero-order valence-corrected chi connectivity index (χ0v) is 19.7. The first-order valence-electron chi connectivity index (χ1n) is 10.3. The van der Waals surface area contributed by atoms with E-state index in [0.29, 0.717) is 0 Å². The van der Waals surface area contributed by atoms with Crippen LogP contribution in [-0.4, -0.2) is 26.2 Å². The number of hydrogen-bond acceptors (Lipinski definition) is 4. The van der Waals surface area contributed by atoms with Crippen LogP contribution in [0.3, 0.4) is 0 Å². The van der Waals surface area contributed by atoms with E-state index in [0.717, 1.165) is 34.4 Å². The molecule has 2 atom stereocenters. The normalized spacial score (nSPS) is 17.7. The molecule has 0 aliphatic heterocycles. The van der Waals surface area contributed by atoms with Gasteiger partial charge in [-0.15, -0.1) is 33.4 Å². The maximum atomic E-state index is 6.51. The van der Waals surface area contributed by atoms with Crippen molar-refractivity contribution in [2.24, 2.45) is 5.92 Å². The summed E-state index contributed by atoms with van der Waals surface area (Å²) in [6.45, 7) is 0. The molecule has 0 saturated heterocycles. The van der Waals surface area contributed by atoms with Crippen LogP contribution < -0.4 is 4.74 Å². The van der Waals surface area contributed by atoms with Gasteiger partial charge in [0.1, 0.15) is 10.1 Å². The molecule has 0 N–H and O–H groups in total. The number of nitrogens with zero attached hydrogens (tertiary/aromatic N) is 3. The Morgan fingerprint density at radius 2 is 1.56 bits per heavy atom. The smallest absolute Gasteiger partial charge is 0.196 e. The summed E-state index contributed by atoms with van der Waals surface area (Å²) < 4.78 is 6.97. The molecule has 1 heterocycles.